The van der Waals surface area contributed by atoms with Crippen molar-refractivity contribution in [1.82, 2.24) is 9.78 Å². The summed E-state index contributed by atoms with van der Waals surface area (Å²) in [5, 5.41) is 23.9. The van der Waals surface area contributed by atoms with Crippen molar-refractivity contribution in [1.29, 1.82) is 0 Å². The molecular formula is C10H10N4O5S. The van der Waals surface area contributed by atoms with Crippen molar-refractivity contribution in [2.24, 2.45) is 7.05 Å². The van der Waals surface area contributed by atoms with E-state index in [1.165, 1.54) is 10.9 Å². The first-order valence-corrected chi connectivity index (χ1v) is 6.77. The number of non-ortho nitro benzene ring substituents is 1. The van der Waals surface area contributed by atoms with Crippen LogP contribution in [0.2, 0.25) is 0 Å². The van der Waals surface area contributed by atoms with E-state index in [-0.39, 0.29) is 16.3 Å². The molecule has 0 saturated heterocycles. The number of phenols is 1. The van der Waals surface area contributed by atoms with Crippen molar-refractivity contribution < 1.29 is 18.4 Å². The molecule has 2 N–H and O–H groups in total. The molecule has 0 aliphatic carbocycles. The highest BCUT2D eigenvalue weighted by Crippen LogP contribution is 2.29. The Bertz CT molecular complexity index is 768. The molecule has 2 aromatic rings. The average molecular weight is 298 g/mol. The largest absolute Gasteiger partial charge is 0.506 e. The number of aromatic hydroxyl groups is 1. The molecule has 0 bridgehead atoms. The standard InChI is InChI=1S/C10H10N4O5S/c1-13-6-8(5-11-13)20(18,19)12-9-4-7(14(16)17)2-3-10(9)15/h2-6,12,15H,1H3. The molecule has 0 aliphatic heterocycles. The zero-order chi connectivity index (χ0) is 14.9. The van der Waals surface area contributed by atoms with E-state index in [1.807, 2.05) is 0 Å². The Hall–Kier alpha value is -2.62. The minimum Gasteiger partial charge on any atom is -0.506 e. The molecule has 0 saturated carbocycles. The number of hydrogen-bond donors (Lipinski definition) is 2. The molecule has 2 rings (SSSR count). The summed E-state index contributed by atoms with van der Waals surface area (Å²) >= 11 is 0. The lowest BCUT2D eigenvalue weighted by Crippen LogP contribution is -2.12. The molecule has 20 heavy (non-hydrogen) atoms. The van der Waals surface area contributed by atoms with Gasteiger partial charge in [-0.05, 0) is 6.07 Å². The van der Waals surface area contributed by atoms with E-state index in [1.54, 1.807) is 7.05 Å². The van der Waals surface area contributed by atoms with Crippen LogP contribution in [0.4, 0.5) is 11.4 Å². The third-order valence-corrected chi connectivity index (χ3v) is 3.75. The first kappa shape index (κ1) is 13.8. The van der Waals surface area contributed by atoms with Crippen LogP contribution in [0.3, 0.4) is 0 Å². The fourth-order valence-corrected chi connectivity index (χ4v) is 2.51. The molecule has 0 radical (unpaired) electrons. The SMILES string of the molecule is Cn1cc(S(=O)(=O)Nc2cc([N+](=O)[O-])ccc2O)cn1. The number of rotatable bonds is 4. The van der Waals surface area contributed by atoms with Gasteiger partial charge in [0, 0.05) is 25.4 Å². The van der Waals surface area contributed by atoms with Gasteiger partial charge in [-0.3, -0.25) is 19.5 Å². The van der Waals surface area contributed by atoms with Gasteiger partial charge in [0.1, 0.15) is 10.6 Å². The van der Waals surface area contributed by atoms with Gasteiger partial charge in [0.05, 0.1) is 16.8 Å². The summed E-state index contributed by atoms with van der Waals surface area (Å²) in [5.74, 6) is -0.414. The minimum atomic E-state index is -3.97. The maximum atomic E-state index is 12.0. The van der Waals surface area contributed by atoms with E-state index in [2.05, 4.69) is 9.82 Å². The molecule has 0 amide bonds. The topological polar surface area (TPSA) is 127 Å². The molecule has 0 spiro atoms. The molecule has 10 heteroatoms. The van der Waals surface area contributed by atoms with Crippen LogP contribution in [0, 0.1) is 10.1 Å². The normalized spacial score (nSPS) is 11.2. The number of anilines is 1. The Morgan fingerprint density at radius 2 is 2.15 bits per heavy atom. The van der Waals surface area contributed by atoms with E-state index < -0.39 is 20.7 Å². The van der Waals surface area contributed by atoms with Crippen LogP contribution in [0.5, 0.6) is 5.75 Å². The van der Waals surface area contributed by atoms with Gasteiger partial charge in [-0.2, -0.15) is 5.10 Å². The highest BCUT2D eigenvalue weighted by atomic mass is 32.2. The zero-order valence-electron chi connectivity index (χ0n) is 10.2. The summed E-state index contributed by atoms with van der Waals surface area (Å²) in [4.78, 5) is 9.82. The molecule has 106 valence electrons. The monoisotopic (exact) mass is 298 g/mol. The molecule has 9 nitrogen and oxygen atoms in total. The number of nitrogens with one attached hydrogen (secondary N) is 1. The van der Waals surface area contributed by atoms with E-state index >= 15 is 0 Å². The number of aromatic nitrogens is 2. The van der Waals surface area contributed by atoms with Crippen molar-refractivity contribution in [3.8, 4) is 5.75 Å². The Morgan fingerprint density at radius 3 is 2.70 bits per heavy atom. The van der Waals surface area contributed by atoms with Crippen LogP contribution in [0.15, 0.2) is 35.5 Å². The van der Waals surface area contributed by atoms with Crippen molar-refractivity contribution in [3.05, 3.63) is 40.7 Å². The molecule has 1 aromatic carbocycles. The van der Waals surface area contributed by atoms with E-state index in [0.717, 1.165) is 24.4 Å². The summed E-state index contributed by atoms with van der Waals surface area (Å²) in [6.45, 7) is 0. The van der Waals surface area contributed by atoms with Gasteiger partial charge in [-0.1, -0.05) is 0 Å². The highest BCUT2D eigenvalue weighted by molar-refractivity contribution is 7.92. The summed E-state index contributed by atoms with van der Waals surface area (Å²) in [5.41, 5.74) is -0.616. The average Bonchev–Trinajstić information content (AvgIpc) is 2.79. The number of nitro benzene ring substituents is 1. The Morgan fingerprint density at radius 1 is 1.45 bits per heavy atom. The quantitative estimate of drug-likeness (QED) is 0.489. The predicted octanol–water partition coefficient (Wildman–Crippen LogP) is 0.835. The maximum absolute atomic E-state index is 12.0. The molecule has 0 fully saturated rings. The second kappa shape index (κ2) is 4.81. The van der Waals surface area contributed by atoms with Gasteiger partial charge in [-0.15, -0.1) is 0 Å². The summed E-state index contributed by atoms with van der Waals surface area (Å²) in [7, 11) is -2.43. The number of phenolic OH excluding ortho intramolecular Hbond substituents is 1. The highest BCUT2D eigenvalue weighted by Gasteiger charge is 2.19. The molecule has 0 atom stereocenters. The number of aryl methyl sites for hydroxylation is 1. The Labute approximate surface area is 113 Å². The van der Waals surface area contributed by atoms with E-state index in [0.29, 0.717) is 0 Å². The van der Waals surface area contributed by atoms with Crippen molar-refractivity contribution in [2.45, 2.75) is 4.90 Å². The third kappa shape index (κ3) is 2.69. The van der Waals surface area contributed by atoms with Gasteiger partial charge >= 0.3 is 0 Å². The molecule has 1 aromatic heterocycles. The fourth-order valence-electron chi connectivity index (χ4n) is 1.46. The van der Waals surface area contributed by atoms with Crippen LogP contribution in [-0.2, 0) is 17.1 Å². The van der Waals surface area contributed by atoms with Gasteiger partial charge in [-0.25, -0.2) is 8.42 Å². The maximum Gasteiger partial charge on any atom is 0.271 e. The Kier molecular flexibility index (Phi) is 3.32. The van der Waals surface area contributed by atoms with Gasteiger partial charge < -0.3 is 5.11 Å². The van der Waals surface area contributed by atoms with Crippen LogP contribution in [-0.4, -0.2) is 28.2 Å². The lowest BCUT2D eigenvalue weighted by atomic mass is 10.2. The second-order valence-electron chi connectivity index (χ2n) is 3.91. The van der Waals surface area contributed by atoms with Crippen LogP contribution >= 0.6 is 0 Å². The lowest BCUT2D eigenvalue weighted by molar-refractivity contribution is -0.384. The van der Waals surface area contributed by atoms with E-state index in [9.17, 15) is 23.6 Å². The van der Waals surface area contributed by atoms with Crippen LogP contribution in [0.1, 0.15) is 0 Å². The number of sulfonamides is 1. The fraction of sp³-hybridized carbons (Fsp3) is 0.100. The van der Waals surface area contributed by atoms with E-state index in [4.69, 9.17) is 0 Å². The molecule has 1 heterocycles. The van der Waals surface area contributed by atoms with Crippen LogP contribution < -0.4 is 4.72 Å². The van der Waals surface area contributed by atoms with Crippen molar-refractivity contribution in [3.63, 3.8) is 0 Å². The summed E-state index contributed by atoms with van der Waals surface area (Å²) in [6.07, 6.45) is 2.38. The number of nitro groups is 1. The van der Waals surface area contributed by atoms with Gasteiger partial charge in [0.2, 0.25) is 0 Å². The second-order valence-corrected chi connectivity index (χ2v) is 5.60. The molecule has 0 aliphatic rings. The minimum absolute atomic E-state index is 0.120. The predicted molar refractivity (Wildman–Crippen MR) is 68.8 cm³/mol. The van der Waals surface area contributed by atoms with Crippen molar-refractivity contribution >= 4 is 21.4 Å². The number of hydrogen-bond acceptors (Lipinski definition) is 6. The smallest absolute Gasteiger partial charge is 0.271 e. The van der Waals surface area contributed by atoms with Crippen LogP contribution in [0.25, 0.3) is 0 Å². The first-order chi connectivity index (χ1) is 9.29. The third-order valence-electron chi connectivity index (χ3n) is 2.43. The summed E-state index contributed by atoms with van der Waals surface area (Å²) < 4.78 is 27.4. The lowest BCUT2D eigenvalue weighted by Gasteiger charge is -2.07. The number of benzene rings is 1. The molecule has 0 unspecified atom stereocenters. The Balaban J connectivity index is 2.39. The number of nitrogens with zero attached hydrogens (tertiary/aromatic N) is 3. The van der Waals surface area contributed by atoms with Crippen molar-refractivity contribution in [2.75, 3.05) is 4.72 Å². The van der Waals surface area contributed by atoms with Gasteiger partial charge in [0.25, 0.3) is 15.7 Å². The molecular weight excluding hydrogens is 288 g/mol. The summed E-state index contributed by atoms with van der Waals surface area (Å²) in [6, 6.07) is 3.04. The van der Waals surface area contributed by atoms with Gasteiger partial charge in [0.15, 0.2) is 0 Å². The first-order valence-electron chi connectivity index (χ1n) is 5.28. The zero-order valence-corrected chi connectivity index (χ0v) is 11.0.